The van der Waals surface area contributed by atoms with Crippen molar-refractivity contribution in [3.8, 4) is 17.0 Å². The monoisotopic (exact) mass is 443 g/mol. The Morgan fingerprint density at radius 1 is 1.19 bits per heavy atom. The smallest absolute Gasteiger partial charge is 0.239 e. The number of carbonyl (C=O) groups is 2. The number of rotatable bonds is 5. The van der Waals surface area contributed by atoms with Crippen molar-refractivity contribution >= 4 is 34.0 Å². The maximum atomic E-state index is 13.5. The van der Waals surface area contributed by atoms with Crippen molar-refractivity contribution in [3.05, 3.63) is 59.0 Å². The van der Waals surface area contributed by atoms with E-state index in [1.54, 1.807) is 7.11 Å². The average Bonchev–Trinajstić information content (AvgIpc) is 3.29. The van der Waals surface area contributed by atoms with Gasteiger partial charge in [0, 0.05) is 28.7 Å². The van der Waals surface area contributed by atoms with Crippen LogP contribution in [0.3, 0.4) is 0 Å². The molecule has 0 saturated carbocycles. The van der Waals surface area contributed by atoms with Crippen molar-refractivity contribution in [2.24, 2.45) is 5.92 Å². The summed E-state index contributed by atoms with van der Waals surface area (Å²) in [4.78, 5) is 32.1. The number of anilines is 2. The Morgan fingerprint density at radius 2 is 1.87 bits per heavy atom. The van der Waals surface area contributed by atoms with Gasteiger partial charge in [0.1, 0.15) is 23.3 Å². The van der Waals surface area contributed by atoms with E-state index in [0.29, 0.717) is 5.13 Å². The molecule has 0 bridgehead atoms. The van der Waals surface area contributed by atoms with Crippen LogP contribution in [0.5, 0.6) is 5.75 Å². The maximum Gasteiger partial charge on any atom is 0.239 e. The zero-order chi connectivity index (χ0) is 22.1. The zero-order valence-corrected chi connectivity index (χ0v) is 17.6. The number of halogens is 2. The molecular weight excluding hydrogens is 424 g/mol. The quantitative estimate of drug-likeness (QED) is 0.594. The number of carbonyl (C=O) groups excluding carboxylic acids is 2. The van der Waals surface area contributed by atoms with Gasteiger partial charge in [-0.1, -0.05) is 0 Å². The van der Waals surface area contributed by atoms with Crippen LogP contribution in [0.1, 0.15) is 11.3 Å². The van der Waals surface area contributed by atoms with Gasteiger partial charge in [-0.05, 0) is 49.7 Å². The highest BCUT2D eigenvalue weighted by Crippen LogP contribution is 2.33. The lowest BCUT2D eigenvalue weighted by molar-refractivity contribution is -0.129. The van der Waals surface area contributed by atoms with Crippen LogP contribution in [0.25, 0.3) is 11.3 Å². The number of aromatic nitrogens is 1. The molecule has 160 valence electrons. The van der Waals surface area contributed by atoms with Crippen LogP contribution in [0.15, 0.2) is 42.5 Å². The number of nitrogens with zero attached hydrogens (tertiary/aromatic N) is 2. The second kappa shape index (κ2) is 8.43. The number of ether oxygens (including phenoxy) is 1. The molecule has 31 heavy (non-hydrogen) atoms. The van der Waals surface area contributed by atoms with Gasteiger partial charge in [0.15, 0.2) is 5.13 Å². The fourth-order valence-corrected chi connectivity index (χ4v) is 4.37. The average molecular weight is 443 g/mol. The molecule has 2 amide bonds. The van der Waals surface area contributed by atoms with Crippen LogP contribution in [0.4, 0.5) is 19.6 Å². The summed E-state index contributed by atoms with van der Waals surface area (Å²) in [5.74, 6) is -2.75. The highest BCUT2D eigenvalue weighted by molar-refractivity contribution is 7.16. The second-order valence-corrected chi connectivity index (χ2v) is 8.30. The summed E-state index contributed by atoms with van der Waals surface area (Å²) in [5.41, 5.74) is 1.72. The molecule has 1 fully saturated rings. The Hall–Kier alpha value is -3.33. The van der Waals surface area contributed by atoms with Crippen LogP contribution >= 0.6 is 11.3 Å². The Morgan fingerprint density at radius 3 is 2.52 bits per heavy atom. The number of nitrogens with one attached hydrogen (secondary N) is 1. The largest absolute Gasteiger partial charge is 0.497 e. The molecule has 1 unspecified atom stereocenters. The van der Waals surface area contributed by atoms with Crippen LogP contribution in [0, 0.1) is 24.5 Å². The standard InChI is InChI=1S/C22H19F2N3O3S/c1-12-19(13-3-5-17(30-2)6-4-13)25-22(31-12)26-20(28)18-7-8-27(21(18)29)16-10-14(23)9-15(24)11-16/h3-6,9-11,18H,7-8H2,1-2H3,(H,25,26,28). The van der Waals surface area contributed by atoms with E-state index in [1.807, 2.05) is 31.2 Å². The zero-order valence-electron chi connectivity index (χ0n) is 16.8. The van der Waals surface area contributed by atoms with E-state index in [2.05, 4.69) is 10.3 Å². The molecule has 1 N–H and O–H groups in total. The molecule has 4 rings (SSSR count). The molecule has 6 nitrogen and oxygen atoms in total. The lowest BCUT2D eigenvalue weighted by atomic mass is 10.1. The van der Waals surface area contributed by atoms with Gasteiger partial charge >= 0.3 is 0 Å². The van der Waals surface area contributed by atoms with Gasteiger partial charge in [-0.25, -0.2) is 13.8 Å². The third-order valence-corrected chi connectivity index (χ3v) is 5.96. The van der Waals surface area contributed by atoms with Gasteiger partial charge in [0.05, 0.1) is 12.8 Å². The maximum absolute atomic E-state index is 13.5. The van der Waals surface area contributed by atoms with E-state index < -0.39 is 29.4 Å². The van der Waals surface area contributed by atoms with Gasteiger partial charge < -0.3 is 15.0 Å². The van der Waals surface area contributed by atoms with E-state index in [1.165, 1.54) is 16.2 Å². The molecule has 3 aromatic rings. The first-order valence-corrected chi connectivity index (χ1v) is 10.4. The van der Waals surface area contributed by atoms with Crippen molar-refractivity contribution in [1.29, 1.82) is 0 Å². The summed E-state index contributed by atoms with van der Waals surface area (Å²) < 4.78 is 32.2. The van der Waals surface area contributed by atoms with Gasteiger partial charge in [0.25, 0.3) is 0 Å². The normalized spacial score (nSPS) is 15.9. The number of amides is 2. The lowest BCUT2D eigenvalue weighted by Gasteiger charge is -2.16. The first-order valence-electron chi connectivity index (χ1n) is 9.56. The Kier molecular flexibility index (Phi) is 5.69. The molecule has 1 saturated heterocycles. The molecule has 0 aliphatic carbocycles. The number of hydrogen-bond donors (Lipinski definition) is 1. The van der Waals surface area contributed by atoms with Crippen molar-refractivity contribution in [2.75, 3.05) is 23.9 Å². The minimum atomic E-state index is -0.944. The third kappa shape index (κ3) is 4.27. The number of thiazole rings is 1. The molecule has 2 heterocycles. The summed E-state index contributed by atoms with van der Waals surface area (Å²) in [7, 11) is 1.59. The highest BCUT2D eigenvalue weighted by Gasteiger charge is 2.38. The van der Waals surface area contributed by atoms with Gasteiger partial charge in [-0.2, -0.15) is 0 Å². The SMILES string of the molecule is COc1ccc(-c2nc(NC(=O)C3CCN(c4cc(F)cc(F)c4)C3=O)sc2C)cc1. The van der Waals surface area contributed by atoms with Gasteiger partial charge in [0.2, 0.25) is 11.8 Å². The molecule has 1 aliphatic heterocycles. The minimum Gasteiger partial charge on any atom is -0.497 e. The molecule has 0 spiro atoms. The van der Waals surface area contributed by atoms with E-state index in [-0.39, 0.29) is 18.7 Å². The molecule has 9 heteroatoms. The Balaban J connectivity index is 1.48. The summed E-state index contributed by atoms with van der Waals surface area (Å²) >= 11 is 1.31. The number of aryl methyl sites for hydroxylation is 1. The van der Waals surface area contributed by atoms with E-state index in [4.69, 9.17) is 4.74 Å². The summed E-state index contributed by atoms with van der Waals surface area (Å²) in [5, 5.41) is 3.10. The van der Waals surface area contributed by atoms with Gasteiger partial charge in [-0.3, -0.25) is 9.59 Å². The van der Waals surface area contributed by atoms with Crippen molar-refractivity contribution in [2.45, 2.75) is 13.3 Å². The Bertz CT molecular complexity index is 1130. The topological polar surface area (TPSA) is 71.5 Å². The number of benzene rings is 2. The lowest BCUT2D eigenvalue weighted by Crippen LogP contribution is -2.33. The summed E-state index contributed by atoms with van der Waals surface area (Å²) in [6.45, 7) is 2.10. The predicted molar refractivity (Wildman–Crippen MR) is 114 cm³/mol. The summed E-state index contributed by atoms with van der Waals surface area (Å²) in [6.07, 6.45) is 0.249. The molecular formula is C22H19F2N3O3S. The van der Waals surface area contributed by atoms with E-state index in [9.17, 15) is 18.4 Å². The fraction of sp³-hybridized carbons (Fsp3) is 0.227. The van der Waals surface area contributed by atoms with E-state index >= 15 is 0 Å². The second-order valence-electron chi connectivity index (χ2n) is 7.10. The molecule has 1 aliphatic rings. The molecule has 2 aromatic carbocycles. The first-order chi connectivity index (χ1) is 14.9. The molecule has 0 radical (unpaired) electrons. The summed E-state index contributed by atoms with van der Waals surface area (Å²) in [6, 6.07) is 10.3. The van der Waals surface area contributed by atoms with Crippen molar-refractivity contribution in [1.82, 2.24) is 4.98 Å². The fourth-order valence-electron chi connectivity index (χ4n) is 3.53. The predicted octanol–water partition coefficient (Wildman–Crippen LogP) is 4.40. The number of methoxy groups -OCH3 is 1. The Labute approximate surface area is 181 Å². The minimum absolute atomic E-state index is 0.102. The van der Waals surface area contributed by atoms with Crippen molar-refractivity contribution in [3.63, 3.8) is 0 Å². The van der Waals surface area contributed by atoms with Crippen LogP contribution in [0.2, 0.25) is 0 Å². The highest BCUT2D eigenvalue weighted by atomic mass is 32.1. The van der Waals surface area contributed by atoms with Crippen LogP contribution in [-0.2, 0) is 9.59 Å². The molecule has 1 atom stereocenters. The third-order valence-electron chi connectivity index (χ3n) is 5.07. The van der Waals surface area contributed by atoms with E-state index in [0.717, 1.165) is 40.1 Å². The first kappa shape index (κ1) is 20.9. The molecule has 1 aromatic heterocycles. The van der Waals surface area contributed by atoms with Crippen LogP contribution < -0.4 is 15.0 Å². The van der Waals surface area contributed by atoms with Crippen LogP contribution in [-0.4, -0.2) is 30.5 Å². The number of hydrogen-bond acceptors (Lipinski definition) is 5. The van der Waals surface area contributed by atoms with Gasteiger partial charge in [-0.15, -0.1) is 11.3 Å². The van der Waals surface area contributed by atoms with Crippen molar-refractivity contribution < 1.29 is 23.1 Å².